The number of benzene rings is 2. The van der Waals surface area contributed by atoms with E-state index in [-0.39, 0.29) is 11.1 Å². The van der Waals surface area contributed by atoms with E-state index in [1.165, 1.54) is 18.5 Å². The largest absolute Gasteiger partial charge is 0.486 e. The van der Waals surface area contributed by atoms with Crippen LogP contribution in [0.3, 0.4) is 0 Å². The Bertz CT molecular complexity index is 1210. The molecule has 0 unspecified atom stereocenters. The first-order chi connectivity index (χ1) is 16.4. The fourth-order valence-corrected chi connectivity index (χ4v) is 3.62. The molecule has 4 rings (SSSR count). The molecule has 1 aliphatic heterocycles. The second kappa shape index (κ2) is 10.8. The summed E-state index contributed by atoms with van der Waals surface area (Å²) < 4.78 is 25.2. The Morgan fingerprint density at radius 3 is 2.88 bits per heavy atom. The Morgan fingerprint density at radius 2 is 2.18 bits per heavy atom. The average molecular weight is 486 g/mol. The number of nitrogens with one attached hydrogen (secondary N) is 2. The van der Waals surface area contributed by atoms with E-state index in [1.54, 1.807) is 18.2 Å². The standard InChI is InChI=1S/C24H25ClFN5O3/c1-31(2)7-5-16(12-32)29-22-10-18-21(11-23(22)34-17-6-8-33-13-17)27-14-28-24(18)30-15-3-4-20(26)19(25)9-15/h3-5,9-12,14,17,29H,6-8,13H2,1-2H3,(H,27,28,30)/t17-/m0/s1. The van der Waals surface area contributed by atoms with Gasteiger partial charge in [0, 0.05) is 30.1 Å². The fourth-order valence-electron chi connectivity index (χ4n) is 3.44. The quantitative estimate of drug-likeness (QED) is 0.341. The molecule has 0 spiro atoms. The summed E-state index contributed by atoms with van der Waals surface area (Å²) >= 11 is 5.92. The van der Waals surface area contributed by atoms with Crippen molar-refractivity contribution in [2.75, 3.05) is 44.5 Å². The number of halogens is 2. The second-order valence-corrected chi connectivity index (χ2v) is 8.52. The van der Waals surface area contributed by atoms with Gasteiger partial charge in [0.1, 0.15) is 29.8 Å². The Balaban J connectivity index is 1.74. The van der Waals surface area contributed by atoms with E-state index in [1.807, 2.05) is 25.1 Å². The predicted molar refractivity (Wildman–Crippen MR) is 130 cm³/mol. The van der Waals surface area contributed by atoms with Gasteiger partial charge in [-0.1, -0.05) is 11.6 Å². The Hall–Kier alpha value is -3.27. The lowest BCUT2D eigenvalue weighted by Gasteiger charge is -2.19. The molecular weight excluding hydrogens is 461 g/mol. The van der Waals surface area contributed by atoms with Crippen molar-refractivity contribution < 1.29 is 18.7 Å². The number of ether oxygens (including phenoxy) is 2. The van der Waals surface area contributed by atoms with Gasteiger partial charge in [-0.3, -0.25) is 4.79 Å². The molecule has 178 valence electrons. The van der Waals surface area contributed by atoms with Crippen molar-refractivity contribution >= 4 is 46.0 Å². The van der Waals surface area contributed by atoms with Gasteiger partial charge in [-0.15, -0.1) is 0 Å². The Labute approximate surface area is 201 Å². The lowest BCUT2D eigenvalue weighted by Crippen LogP contribution is -2.17. The van der Waals surface area contributed by atoms with Gasteiger partial charge < -0.3 is 25.0 Å². The van der Waals surface area contributed by atoms with Crippen LogP contribution in [0.2, 0.25) is 5.02 Å². The van der Waals surface area contributed by atoms with Gasteiger partial charge >= 0.3 is 0 Å². The van der Waals surface area contributed by atoms with Gasteiger partial charge in [-0.25, -0.2) is 14.4 Å². The maximum absolute atomic E-state index is 13.6. The summed E-state index contributed by atoms with van der Waals surface area (Å²) in [5.74, 6) is 0.543. The van der Waals surface area contributed by atoms with Crippen molar-refractivity contribution in [2.45, 2.75) is 12.5 Å². The third kappa shape index (κ3) is 5.80. The first-order valence-electron chi connectivity index (χ1n) is 10.7. The highest BCUT2D eigenvalue weighted by Crippen LogP contribution is 2.35. The van der Waals surface area contributed by atoms with Crippen molar-refractivity contribution in [3.05, 3.63) is 59.3 Å². The number of allylic oxidation sites excluding steroid dienone is 1. The molecule has 1 aromatic heterocycles. The van der Waals surface area contributed by atoms with E-state index < -0.39 is 5.82 Å². The number of carbonyl (C=O) groups excluding carboxylic acids is 1. The highest BCUT2D eigenvalue weighted by atomic mass is 35.5. The number of likely N-dealkylation sites (N-methyl/N-ethyl adjacent to an activating group) is 1. The van der Waals surface area contributed by atoms with Crippen molar-refractivity contribution in [1.82, 2.24) is 14.9 Å². The molecule has 2 aromatic carbocycles. The minimum absolute atomic E-state index is 0.00170. The Kier molecular flexibility index (Phi) is 7.56. The molecule has 1 atom stereocenters. The zero-order valence-electron chi connectivity index (χ0n) is 18.8. The summed E-state index contributed by atoms with van der Waals surface area (Å²) in [5.41, 5.74) is 2.20. The van der Waals surface area contributed by atoms with Crippen LogP contribution in [0.15, 0.2) is 48.4 Å². The SMILES string of the molecule is CN(C)CC=C(C=O)Nc1cc2c(Nc3ccc(F)c(Cl)c3)ncnc2cc1O[C@H]1CCOC1. The molecule has 3 aromatic rings. The summed E-state index contributed by atoms with van der Waals surface area (Å²) in [6.45, 7) is 1.72. The minimum Gasteiger partial charge on any atom is -0.486 e. The molecule has 1 saturated heterocycles. The number of hydrogen-bond acceptors (Lipinski definition) is 8. The maximum Gasteiger partial charge on any atom is 0.165 e. The molecule has 0 amide bonds. The minimum atomic E-state index is -0.505. The number of aromatic nitrogens is 2. The second-order valence-electron chi connectivity index (χ2n) is 8.11. The van der Waals surface area contributed by atoms with Crippen LogP contribution >= 0.6 is 11.6 Å². The van der Waals surface area contributed by atoms with Crippen molar-refractivity contribution in [3.8, 4) is 5.75 Å². The first-order valence-corrected chi connectivity index (χ1v) is 11.1. The number of hydrogen-bond donors (Lipinski definition) is 2. The molecule has 10 heteroatoms. The van der Waals surface area contributed by atoms with E-state index in [9.17, 15) is 9.18 Å². The molecule has 0 radical (unpaired) electrons. The van der Waals surface area contributed by atoms with Crippen molar-refractivity contribution in [1.29, 1.82) is 0 Å². The molecular formula is C24H25ClFN5O3. The lowest BCUT2D eigenvalue weighted by molar-refractivity contribution is -0.104. The highest BCUT2D eigenvalue weighted by Gasteiger charge is 2.20. The van der Waals surface area contributed by atoms with E-state index in [2.05, 4.69) is 20.6 Å². The van der Waals surface area contributed by atoms with Crippen LogP contribution < -0.4 is 15.4 Å². The first kappa shape index (κ1) is 23.9. The van der Waals surface area contributed by atoms with E-state index >= 15 is 0 Å². The molecule has 0 aliphatic carbocycles. The Morgan fingerprint density at radius 1 is 1.32 bits per heavy atom. The number of carbonyl (C=O) groups is 1. The normalized spacial score (nSPS) is 16.1. The number of nitrogens with zero attached hydrogens (tertiary/aromatic N) is 3. The maximum atomic E-state index is 13.6. The molecule has 0 bridgehead atoms. The summed E-state index contributed by atoms with van der Waals surface area (Å²) in [7, 11) is 3.83. The van der Waals surface area contributed by atoms with Gasteiger partial charge in [-0.2, -0.15) is 0 Å². The third-order valence-electron chi connectivity index (χ3n) is 5.18. The lowest BCUT2D eigenvalue weighted by atomic mass is 10.1. The van der Waals surface area contributed by atoms with Gasteiger partial charge in [0.2, 0.25) is 0 Å². The van der Waals surface area contributed by atoms with Crippen LogP contribution in [-0.2, 0) is 9.53 Å². The molecule has 8 nitrogen and oxygen atoms in total. The summed E-state index contributed by atoms with van der Waals surface area (Å²) in [6.07, 6.45) is 4.66. The van der Waals surface area contributed by atoms with Gasteiger partial charge in [0.25, 0.3) is 0 Å². The molecule has 2 heterocycles. The predicted octanol–water partition coefficient (Wildman–Crippen LogP) is 4.39. The number of rotatable bonds is 9. The van der Waals surface area contributed by atoms with Crippen LogP contribution in [0.25, 0.3) is 10.9 Å². The molecule has 2 N–H and O–H groups in total. The molecule has 34 heavy (non-hydrogen) atoms. The van der Waals surface area contributed by atoms with Crippen molar-refractivity contribution in [3.63, 3.8) is 0 Å². The van der Waals surface area contributed by atoms with Gasteiger partial charge in [-0.05, 0) is 44.4 Å². The van der Waals surface area contributed by atoms with Crippen LogP contribution in [0.4, 0.5) is 21.6 Å². The topological polar surface area (TPSA) is 88.6 Å². The third-order valence-corrected chi connectivity index (χ3v) is 5.47. The average Bonchev–Trinajstić information content (AvgIpc) is 3.32. The molecule has 1 aliphatic rings. The number of fused-ring (bicyclic) bond motifs is 1. The summed E-state index contributed by atoms with van der Waals surface area (Å²) in [6, 6.07) is 7.95. The van der Waals surface area contributed by atoms with E-state index in [4.69, 9.17) is 21.1 Å². The monoisotopic (exact) mass is 485 g/mol. The van der Waals surface area contributed by atoms with Crippen LogP contribution in [0.5, 0.6) is 5.75 Å². The van der Waals surface area contributed by atoms with Crippen molar-refractivity contribution in [2.24, 2.45) is 0 Å². The van der Waals surface area contributed by atoms with Gasteiger partial charge in [0.15, 0.2) is 6.29 Å². The number of aldehydes is 1. The highest BCUT2D eigenvalue weighted by molar-refractivity contribution is 6.31. The molecule has 1 fully saturated rings. The van der Waals surface area contributed by atoms with Crippen LogP contribution in [0, 0.1) is 5.82 Å². The van der Waals surface area contributed by atoms with Crippen LogP contribution in [0.1, 0.15) is 6.42 Å². The van der Waals surface area contributed by atoms with E-state index in [0.29, 0.717) is 59.3 Å². The van der Waals surface area contributed by atoms with Crippen LogP contribution in [-0.4, -0.2) is 61.1 Å². The molecule has 0 saturated carbocycles. The summed E-state index contributed by atoms with van der Waals surface area (Å²) in [5, 5.41) is 7.01. The zero-order chi connectivity index (χ0) is 24.1. The summed E-state index contributed by atoms with van der Waals surface area (Å²) in [4.78, 5) is 22.4. The number of anilines is 3. The zero-order valence-corrected chi connectivity index (χ0v) is 19.6. The smallest absolute Gasteiger partial charge is 0.165 e. The fraction of sp³-hybridized carbons (Fsp3) is 0.292. The van der Waals surface area contributed by atoms with Gasteiger partial charge in [0.05, 0.1) is 35.1 Å². The van der Waals surface area contributed by atoms with E-state index in [0.717, 1.165) is 12.7 Å².